The maximum absolute atomic E-state index is 5.85. The summed E-state index contributed by atoms with van der Waals surface area (Å²) in [7, 11) is 3.33. The van der Waals surface area contributed by atoms with Crippen molar-refractivity contribution in [1.29, 1.82) is 0 Å². The minimum atomic E-state index is 0.0810. The van der Waals surface area contributed by atoms with Crippen molar-refractivity contribution in [3.63, 3.8) is 0 Å². The molecule has 0 saturated carbocycles. The van der Waals surface area contributed by atoms with Gasteiger partial charge in [-0.1, -0.05) is 13.8 Å². The predicted octanol–water partition coefficient (Wildman–Crippen LogP) is 1.95. The van der Waals surface area contributed by atoms with Crippen molar-refractivity contribution in [2.75, 3.05) is 27.3 Å². The van der Waals surface area contributed by atoms with E-state index < -0.39 is 0 Å². The zero-order chi connectivity index (χ0) is 13.5. The second-order valence-corrected chi connectivity index (χ2v) is 4.70. The van der Waals surface area contributed by atoms with Crippen molar-refractivity contribution < 1.29 is 9.47 Å². The van der Waals surface area contributed by atoms with Gasteiger partial charge in [0.2, 0.25) is 0 Å². The zero-order valence-corrected chi connectivity index (χ0v) is 11.7. The lowest BCUT2D eigenvalue weighted by molar-refractivity contribution is 0.386. The summed E-state index contributed by atoms with van der Waals surface area (Å²) in [4.78, 5) is 0. The van der Waals surface area contributed by atoms with Crippen LogP contribution in [0.25, 0.3) is 0 Å². The second kappa shape index (κ2) is 7.24. The number of nitrogens with one attached hydrogen (secondary N) is 1. The molecule has 1 rings (SSSR count). The Morgan fingerprint density at radius 2 is 1.94 bits per heavy atom. The van der Waals surface area contributed by atoms with Crippen LogP contribution in [-0.2, 0) is 0 Å². The van der Waals surface area contributed by atoms with Crippen LogP contribution in [0.15, 0.2) is 18.2 Å². The lowest BCUT2D eigenvalue weighted by atomic mass is 10.0. The van der Waals surface area contributed by atoms with Crippen LogP contribution < -0.4 is 20.5 Å². The molecule has 0 radical (unpaired) electrons. The van der Waals surface area contributed by atoms with Gasteiger partial charge in [0.05, 0.1) is 14.2 Å². The highest BCUT2D eigenvalue weighted by molar-refractivity contribution is 5.42. The van der Waals surface area contributed by atoms with Crippen molar-refractivity contribution in [3.8, 4) is 11.5 Å². The Morgan fingerprint density at radius 3 is 2.44 bits per heavy atom. The average molecular weight is 252 g/mol. The highest BCUT2D eigenvalue weighted by Gasteiger charge is 2.15. The Hall–Kier alpha value is -1.26. The summed E-state index contributed by atoms with van der Waals surface area (Å²) in [6.45, 7) is 5.78. The molecule has 1 unspecified atom stereocenters. The summed E-state index contributed by atoms with van der Waals surface area (Å²) in [5, 5.41) is 3.45. The third-order valence-corrected chi connectivity index (χ3v) is 2.82. The summed E-state index contributed by atoms with van der Waals surface area (Å²) in [6, 6.07) is 5.85. The van der Waals surface area contributed by atoms with Crippen LogP contribution in [0.2, 0.25) is 0 Å². The van der Waals surface area contributed by atoms with E-state index in [9.17, 15) is 0 Å². The molecule has 3 N–H and O–H groups in total. The van der Waals surface area contributed by atoms with Gasteiger partial charge in [-0.2, -0.15) is 0 Å². The predicted molar refractivity (Wildman–Crippen MR) is 74.2 cm³/mol. The highest BCUT2D eigenvalue weighted by atomic mass is 16.5. The van der Waals surface area contributed by atoms with E-state index in [-0.39, 0.29) is 6.04 Å². The van der Waals surface area contributed by atoms with E-state index in [4.69, 9.17) is 15.2 Å². The van der Waals surface area contributed by atoms with Gasteiger partial charge in [0, 0.05) is 18.2 Å². The number of rotatable bonds is 7. The van der Waals surface area contributed by atoms with Crippen LogP contribution in [-0.4, -0.2) is 27.3 Å². The molecule has 0 aliphatic heterocycles. The number of benzene rings is 1. The second-order valence-electron chi connectivity index (χ2n) is 4.70. The first-order chi connectivity index (χ1) is 8.62. The fourth-order valence-corrected chi connectivity index (χ4v) is 1.81. The van der Waals surface area contributed by atoms with E-state index in [1.165, 1.54) is 0 Å². The summed E-state index contributed by atoms with van der Waals surface area (Å²) in [6.07, 6.45) is 0. The molecule has 0 spiro atoms. The van der Waals surface area contributed by atoms with Crippen molar-refractivity contribution in [3.05, 3.63) is 23.8 Å². The number of ether oxygens (including phenoxy) is 2. The molecule has 1 aromatic rings. The van der Waals surface area contributed by atoms with E-state index in [1.54, 1.807) is 14.2 Å². The number of hydrogen-bond acceptors (Lipinski definition) is 4. The Balaban J connectivity index is 2.94. The monoisotopic (exact) mass is 252 g/mol. The van der Waals surface area contributed by atoms with Gasteiger partial charge in [0.25, 0.3) is 0 Å². The van der Waals surface area contributed by atoms with Gasteiger partial charge in [0.1, 0.15) is 11.5 Å². The van der Waals surface area contributed by atoms with Gasteiger partial charge in [-0.3, -0.25) is 0 Å². The van der Waals surface area contributed by atoms with Crippen molar-refractivity contribution >= 4 is 0 Å². The normalized spacial score (nSPS) is 12.6. The lowest BCUT2D eigenvalue weighted by Gasteiger charge is -2.21. The molecule has 4 nitrogen and oxygen atoms in total. The van der Waals surface area contributed by atoms with Crippen LogP contribution in [0, 0.1) is 5.92 Å². The van der Waals surface area contributed by atoms with Crippen LogP contribution in [0.4, 0.5) is 0 Å². The van der Waals surface area contributed by atoms with Crippen LogP contribution in [0.1, 0.15) is 25.5 Å². The van der Waals surface area contributed by atoms with Gasteiger partial charge in [-0.25, -0.2) is 0 Å². The van der Waals surface area contributed by atoms with Crippen LogP contribution >= 0.6 is 0 Å². The lowest BCUT2D eigenvalue weighted by Crippen LogP contribution is -2.31. The number of hydrogen-bond donors (Lipinski definition) is 2. The molecule has 0 saturated heterocycles. The maximum Gasteiger partial charge on any atom is 0.123 e. The van der Waals surface area contributed by atoms with Crippen LogP contribution in [0.3, 0.4) is 0 Å². The van der Waals surface area contributed by atoms with Crippen molar-refractivity contribution in [2.45, 2.75) is 19.9 Å². The van der Waals surface area contributed by atoms with Crippen molar-refractivity contribution in [1.82, 2.24) is 5.32 Å². The van der Waals surface area contributed by atoms with E-state index in [0.717, 1.165) is 23.6 Å². The topological polar surface area (TPSA) is 56.5 Å². The van der Waals surface area contributed by atoms with Gasteiger partial charge >= 0.3 is 0 Å². The largest absolute Gasteiger partial charge is 0.497 e. The average Bonchev–Trinajstić information content (AvgIpc) is 2.38. The fourth-order valence-electron chi connectivity index (χ4n) is 1.81. The molecule has 0 fully saturated rings. The molecule has 0 bridgehead atoms. The molecule has 0 aliphatic carbocycles. The van der Waals surface area contributed by atoms with E-state index in [2.05, 4.69) is 19.2 Å². The summed E-state index contributed by atoms with van der Waals surface area (Å²) in [5.74, 6) is 2.23. The minimum absolute atomic E-state index is 0.0810. The number of methoxy groups -OCH3 is 2. The molecule has 102 valence electrons. The first-order valence-electron chi connectivity index (χ1n) is 6.27. The summed E-state index contributed by atoms with van der Waals surface area (Å²) >= 11 is 0. The molecule has 4 heteroatoms. The van der Waals surface area contributed by atoms with Gasteiger partial charge in [0.15, 0.2) is 0 Å². The third-order valence-electron chi connectivity index (χ3n) is 2.82. The molecule has 18 heavy (non-hydrogen) atoms. The molecule has 1 aromatic carbocycles. The molecule has 0 aliphatic rings. The third kappa shape index (κ3) is 3.89. The Morgan fingerprint density at radius 1 is 1.22 bits per heavy atom. The molecule has 0 amide bonds. The molecule has 0 aromatic heterocycles. The van der Waals surface area contributed by atoms with Gasteiger partial charge in [-0.05, 0) is 30.7 Å². The van der Waals surface area contributed by atoms with Crippen LogP contribution in [0.5, 0.6) is 11.5 Å². The number of nitrogens with two attached hydrogens (primary N) is 1. The Labute approximate surface area is 109 Å². The van der Waals surface area contributed by atoms with Gasteiger partial charge < -0.3 is 20.5 Å². The molecule has 0 heterocycles. The standard InChI is InChI=1S/C14H24N2O2/c1-10(2)9-16-13(8-15)12-7-11(17-3)5-6-14(12)18-4/h5-7,10,13,16H,8-9,15H2,1-4H3. The Kier molecular flexibility index (Phi) is 5.95. The summed E-state index contributed by atoms with van der Waals surface area (Å²) in [5.41, 5.74) is 6.89. The smallest absolute Gasteiger partial charge is 0.123 e. The molecular weight excluding hydrogens is 228 g/mol. The summed E-state index contributed by atoms with van der Waals surface area (Å²) < 4.78 is 10.6. The quantitative estimate of drug-likeness (QED) is 0.779. The first kappa shape index (κ1) is 14.8. The van der Waals surface area contributed by atoms with E-state index >= 15 is 0 Å². The minimum Gasteiger partial charge on any atom is -0.497 e. The first-order valence-corrected chi connectivity index (χ1v) is 6.27. The van der Waals surface area contributed by atoms with E-state index in [0.29, 0.717) is 12.5 Å². The zero-order valence-electron chi connectivity index (χ0n) is 11.7. The fraction of sp³-hybridized carbons (Fsp3) is 0.571. The van der Waals surface area contributed by atoms with E-state index in [1.807, 2.05) is 18.2 Å². The Bertz CT molecular complexity index is 367. The maximum atomic E-state index is 5.85. The molecule has 1 atom stereocenters. The highest BCUT2D eigenvalue weighted by Crippen LogP contribution is 2.29. The SMILES string of the molecule is COc1ccc(OC)c(C(CN)NCC(C)C)c1. The van der Waals surface area contributed by atoms with Gasteiger partial charge in [-0.15, -0.1) is 0 Å². The molecular formula is C14H24N2O2. The van der Waals surface area contributed by atoms with Crippen molar-refractivity contribution in [2.24, 2.45) is 11.7 Å².